The van der Waals surface area contributed by atoms with Crippen LogP contribution in [-0.4, -0.2) is 104 Å². The zero-order chi connectivity index (χ0) is 31.7. The van der Waals surface area contributed by atoms with Gasteiger partial charge in [0.1, 0.15) is 12.2 Å². The molecule has 42 heavy (non-hydrogen) atoms. The van der Waals surface area contributed by atoms with Crippen LogP contribution in [0, 0.1) is 23.7 Å². The van der Waals surface area contributed by atoms with E-state index in [0.29, 0.717) is 19.3 Å². The van der Waals surface area contributed by atoms with Crippen molar-refractivity contribution in [2.45, 2.75) is 109 Å². The van der Waals surface area contributed by atoms with Crippen LogP contribution in [0.2, 0.25) is 0 Å². The maximum absolute atomic E-state index is 13.2. The number of likely N-dealkylation sites (N-methyl/N-ethyl adjacent to an activating group) is 1. The molecular formula is C31H51I2NO8. The summed E-state index contributed by atoms with van der Waals surface area (Å²) in [6.07, 6.45) is 1.25. The molecule has 12 atom stereocenters. The number of allylic oxidation sites excluding steroid dienone is 3. The molecule has 0 aliphatic carbocycles. The molecule has 9 nitrogen and oxygen atoms in total. The molecule has 2 aliphatic rings. The second-order valence-electron chi connectivity index (χ2n) is 12.2. The minimum Gasteiger partial charge on any atom is -0.462 e. The standard InChI is InChI=1S/C31H51I2NO8/c1-8-25-22(16-33)13-17(2)9-10-23(35)18(3)14-21(11-12-32)30(19(4)24(36)15-26(37)41-25)42-31-29(39)27(34(6)7)28(38)20(5)40-31/h9-10,13,18-22,24-25,27-31,36,38-39H,8,11-12,14-16H2,1-7H3/b10-9+,17-13+/t18-,19+,20-,21+,22-,24-,25-,27+,28-,29-,30-,31+/m1/s1. The number of carbonyl (C=O) groups excluding carboxylic acids is 2. The highest BCUT2D eigenvalue weighted by Crippen LogP contribution is 2.35. The summed E-state index contributed by atoms with van der Waals surface area (Å²) < 4.78 is 19.9. The maximum Gasteiger partial charge on any atom is 0.308 e. The normalized spacial score (nSPS) is 41.7. The van der Waals surface area contributed by atoms with Crippen LogP contribution in [0.4, 0.5) is 0 Å². The number of aliphatic hydroxyl groups excluding tert-OH is 3. The summed E-state index contributed by atoms with van der Waals surface area (Å²) in [5.41, 5.74) is 0.924. The fraction of sp³-hybridized carbons (Fsp3) is 0.806. The van der Waals surface area contributed by atoms with Gasteiger partial charge in [-0.1, -0.05) is 83.7 Å². The molecule has 2 rings (SSSR count). The van der Waals surface area contributed by atoms with Crippen LogP contribution in [0.25, 0.3) is 0 Å². The molecule has 242 valence electrons. The van der Waals surface area contributed by atoms with Gasteiger partial charge in [0.05, 0.1) is 36.9 Å². The van der Waals surface area contributed by atoms with Gasteiger partial charge in [-0.15, -0.1) is 0 Å². The monoisotopic (exact) mass is 819 g/mol. The molecule has 2 aliphatic heterocycles. The topological polar surface area (TPSA) is 126 Å². The van der Waals surface area contributed by atoms with Crippen molar-refractivity contribution < 1.29 is 39.1 Å². The molecule has 0 amide bonds. The van der Waals surface area contributed by atoms with Gasteiger partial charge in [0.2, 0.25) is 0 Å². The van der Waals surface area contributed by atoms with E-state index >= 15 is 0 Å². The molecule has 0 aromatic rings. The predicted molar refractivity (Wildman–Crippen MR) is 180 cm³/mol. The number of esters is 1. The molecule has 0 unspecified atom stereocenters. The SMILES string of the molecule is CC[C@H]1OC(=O)C[C@@H](O)[C@H](C)[C@@H](O[C@@H]2O[C@H](C)[C@@H](O)[C@H](N(C)C)[C@H]2O)[C@@H](CCI)C[C@@H](C)C(=O)/C=C/C(C)=C/[C@@H]1CI. The zero-order valence-electron chi connectivity index (χ0n) is 26.0. The summed E-state index contributed by atoms with van der Waals surface area (Å²) in [7, 11) is 3.55. The summed E-state index contributed by atoms with van der Waals surface area (Å²) in [6.45, 7) is 9.36. The van der Waals surface area contributed by atoms with Gasteiger partial charge in [-0.25, -0.2) is 0 Å². The van der Waals surface area contributed by atoms with Crippen molar-refractivity contribution in [3.63, 3.8) is 0 Å². The molecular weight excluding hydrogens is 768 g/mol. The Morgan fingerprint density at radius 3 is 2.31 bits per heavy atom. The van der Waals surface area contributed by atoms with Gasteiger partial charge < -0.3 is 34.4 Å². The zero-order valence-corrected chi connectivity index (χ0v) is 30.3. The number of nitrogens with zero attached hydrogens (tertiary/aromatic N) is 1. The van der Waals surface area contributed by atoms with Gasteiger partial charge >= 0.3 is 5.97 Å². The molecule has 1 fully saturated rings. The molecule has 0 saturated carbocycles. The molecule has 3 N–H and O–H groups in total. The highest BCUT2D eigenvalue weighted by Gasteiger charge is 2.47. The first-order chi connectivity index (χ1) is 19.7. The summed E-state index contributed by atoms with van der Waals surface area (Å²) in [4.78, 5) is 28.1. The van der Waals surface area contributed by atoms with E-state index < -0.39 is 54.7 Å². The summed E-state index contributed by atoms with van der Waals surface area (Å²) in [5.74, 6) is -1.54. The summed E-state index contributed by atoms with van der Waals surface area (Å²) >= 11 is 4.57. The quantitative estimate of drug-likeness (QED) is 0.198. The lowest BCUT2D eigenvalue weighted by molar-refractivity contribution is -0.304. The Labute approximate surface area is 279 Å². The molecule has 0 spiro atoms. The Balaban J connectivity index is 2.51. The van der Waals surface area contributed by atoms with E-state index in [-0.39, 0.29) is 36.1 Å². The van der Waals surface area contributed by atoms with Gasteiger partial charge in [-0.05, 0) is 63.6 Å². The average Bonchev–Trinajstić information content (AvgIpc) is 2.93. The number of aliphatic hydroxyl groups is 3. The molecule has 11 heteroatoms. The van der Waals surface area contributed by atoms with Crippen molar-refractivity contribution in [3.8, 4) is 0 Å². The van der Waals surface area contributed by atoms with E-state index in [9.17, 15) is 24.9 Å². The third-order valence-corrected chi connectivity index (χ3v) is 10.3. The number of ketones is 1. The number of carbonyl (C=O) groups is 2. The van der Waals surface area contributed by atoms with Crippen molar-refractivity contribution in [1.29, 1.82) is 0 Å². The average molecular weight is 820 g/mol. The van der Waals surface area contributed by atoms with Crippen LogP contribution >= 0.6 is 45.2 Å². The number of rotatable bonds is 7. The Morgan fingerprint density at radius 2 is 1.74 bits per heavy atom. The molecule has 1 saturated heterocycles. The number of halogens is 2. The van der Waals surface area contributed by atoms with E-state index in [2.05, 4.69) is 45.2 Å². The smallest absolute Gasteiger partial charge is 0.308 e. The lowest BCUT2D eigenvalue weighted by Crippen LogP contribution is -2.63. The fourth-order valence-electron chi connectivity index (χ4n) is 5.97. The third kappa shape index (κ3) is 10.4. The Hall–Kier alpha value is -0.160. The van der Waals surface area contributed by atoms with Gasteiger partial charge in [0.15, 0.2) is 12.1 Å². The number of cyclic esters (lactones) is 1. The Bertz CT molecular complexity index is 931. The lowest BCUT2D eigenvalue weighted by Gasteiger charge is -2.46. The lowest BCUT2D eigenvalue weighted by atomic mass is 9.80. The number of hydrogen-bond donors (Lipinski definition) is 3. The van der Waals surface area contributed by atoms with Crippen LogP contribution < -0.4 is 0 Å². The van der Waals surface area contributed by atoms with Gasteiger partial charge in [0, 0.05) is 22.2 Å². The van der Waals surface area contributed by atoms with Crippen molar-refractivity contribution in [2.24, 2.45) is 23.7 Å². The van der Waals surface area contributed by atoms with Crippen molar-refractivity contribution in [3.05, 3.63) is 23.8 Å². The third-order valence-electron chi connectivity index (χ3n) is 8.61. The highest BCUT2D eigenvalue weighted by molar-refractivity contribution is 14.1. The number of alkyl halides is 2. The second-order valence-corrected chi connectivity index (χ2v) is 14.1. The predicted octanol–water partition coefficient (Wildman–Crippen LogP) is 4.08. The summed E-state index contributed by atoms with van der Waals surface area (Å²) in [6, 6.07) is -0.623. The van der Waals surface area contributed by atoms with E-state index in [0.717, 1.165) is 14.4 Å². The van der Waals surface area contributed by atoms with Crippen LogP contribution in [0.5, 0.6) is 0 Å². The van der Waals surface area contributed by atoms with Gasteiger partial charge in [0.25, 0.3) is 0 Å². The molecule has 0 radical (unpaired) electrons. The van der Waals surface area contributed by atoms with Gasteiger partial charge in [-0.3, -0.25) is 9.59 Å². The number of ether oxygens (including phenoxy) is 3. The van der Waals surface area contributed by atoms with Crippen LogP contribution in [0.3, 0.4) is 0 Å². The minimum atomic E-state index is -1.16. The maximum atomic E-state index is 13.2. The van der Waals surface area contributed by atoms with Crippen LogP contribution in [-0.2, 0) is 23.8 Å². The second kappa shape index (κ2) is 18.1. The molecule has 0 aromatic heterocycles. The van der Waals surface area contributed by atoms with E-state index in [1.807, 2.05) is 39.8 Å². The van der Waals surface area contributed by atoms with Crippen molar-refractivity contribution in [1.82, 2.24) is 4.90 Å². The largest absolute Gasteiger partial charge is 0.462 e. The first kappa shape index (κ1) is 38.0. The first-order valence-corrected chi connectivity index (χ1v) is 18.0. The van der Waals surface area contributed by atoms with Crippen LogP contribution in [0.1, 0.15) is 60.3 Å². The van der Waals surface area contributed by atoms with E-state index in [1.54, 1.807) is 32.0 Å². The number of hydrogen-bond acceptors (Lipinski definition) is 9. The Kier molecular flexibility index (Phi) is 16.4. The molecule has 0 aromatic carbocycles. The summed E-state index contributed by atoms with van der Waals surface area (Å²) in [5, 5.41) is 33.3. The van der Waals surface area contributed by atoms with E-state index in [1.165, 1.54) is 0 Å². The molecule has 2 heterocycles. The van der Waals surface area contributed by atoms with E-state index in [4.69, 9.17) is 14.2 Å². The fourth-order valence-corrected chi connectivity index (χ4v) is 7.59. The van der Waals surface area contributed by atoms with Crippen molar-refractivity contribution >= 4 is 56.9 Å². The van der Waals surface area contributed by atoms with Crippen molar-refractivity contribution in [2.75, 3.05) is 23.0 Å². The van der Waals surface area contributed by atoms with Crippen LogP contribution in [0.15, 0.2) is 23.8 Å². The molecule has 0 bridgehead atoms. The Morgan fingerprint density at radius 1 is 1.07 bits per heavy atom. The first-order valence-electron chi connectivity index (χ1n) is 15.0. The highest BCUT2D eigenvalue weighted by atomic mass is 127. The van der Waals surface area contributed by atoms with Gasteiger partial charge in [-0.2, -0.15) is 0 Å². The minimum absolute atomic E-state index is 0.00288.